The number of ether oxygens (including phenoxy) is 1. The minimum absolute atomic E-state index is 0.0229. The number of imidazole rings is 1. The molecule has 25 heavy (non-hydrogen) atoms. The molecule has 1 aliphatic heterocycles. The van der Waals surface area contributed by atoms with Crippen molar-refractivity contribution in [2.75, 3.05) is 31.2 Å². The molecule has 1 amide bonds. The van der Waals surface area contributed by atoms with Gasteiger partial charge in [-0.05, 0) is 30.9 Å². The van der Waals surface area contributed by atoms with Crippen LogP contribution in [0.4, 0.5) is 5.69 Å². The van der Waals surface area contributed by atoms with Gasteiger partial charge in [-0.3, -0.25) is 4.79 Å². The molecule has 1 aliphatic carbocycles. The molecule has 4 rings (SSSR count). The first-order valence-corrected chi connectivity index (χ1v) is 8.94. The molecular formula is C19H24N4O2. The highest BCUT2D eigenvalue weighted by Gasteiger charge is 2.36. The Bertz CT molecular complexity index is 747. The molecule has 1 aromatic carbocycles. The number of para-hydroxylation sites is 1. The minimum atomic E-state index is -0.0259. The van der Waals surface area contributed by atoms with E-state index in [0.29, 0.717) is 19.1 Å². The van der Waals surface area contributed by atoms with Crippen molar-refractivity contribution in [1.29, 1.82) is 0 Å². The zero-order valence-corrected chi connectivity index (χ0v) is 14.5. The van der Waals surface area contributed by atoms with Crippen molar-refractivity contribution in [3.05, 3.63) is 48.0 Å². The molecule has 6 nitrogen and oxygen atoms in total. The van der Waals surface area contributed by atoms with Crippen LogP contribution in [-0.4, -0.2) is 41.8 Å². The Morgan fingerprint density at radius 2 is 2.04 bits per heavy atom. The van der Waals surface area contributed by atoms with Crippen LogP contribution >= 0.6 is 0 Å². The summed E-state index contributed by atoms with van der Waals surface area (Å²) in [5.74, 6) is 1.39. The Morgan fingerprint density at radius 3 is 2.72 bits per heavy atom. The van der Waals surface area contributed by atoms with Crippen LogP contribution in [0.1, 0.15) is 35.1 Å². The van der Waals surface area contributed by atoms with Crippen LogP contribution < -0.4 is 10.2 Å². The zero-order chi connectivity index (χ0) is 17.2. The second-order valence-electron chi connectivity index (χ2n) is 6.80. The molecular weight excluding hydrogens is 316 g/mol. The number of nitrogens with one attached hydrogen (secondary N) is 1. The lowest BCUT2D eigenvalue weighted by Gasteiger charge is -2.30. The van der Waals surface area contributed by atoms with Crippen LogP contribution in [0, 0.1) is 5.92 Å². The molecule has 2 fully saturated rings. The number of nitrogens with zero attached hydrogens (tertiary/aromatic N) is 3. The number of anilines is 1. The quantitative estimate of drug-likeness (QED) is 0.906. The Morgan fingerprint density at radius 1 is 1.28 bits per heavy atom. The largest absolute Gasteiger partial charge is 0.378 e. The summed E-state index contributed by atoms with van der Waals surface area (Å²) >= 11 is 0. The molecule has 1 saturated heterocycles. The summed E-state index contributed by atoms with van der Waals surface area (Å²) in [6.45, 7) is 3.03. The number of aryl methyl sites for hydroxylation is 1. The zero-order valence-electron chi connectivity index (χ0n) is 14.5. The number of aromatic nitrogens is 2. The molecule has 1 aromatic heterocycles. The molecule has 0 spiro atoms. The summed E-state index contributed by atoms with van der Waals surface area (Å²) < 4.78 is 7.43. The van der Waals surface area contributed by atoms with E-state index < -0.39 is 0 Å². The van der Waals surface area contributed by atoms with Gasteiger partial charge >= 0.3 is 0 Å². The average molecular weight is 340 g/mol. The second-order valence-corrected chi connectivity index (χ2v) is 6.80. The average Bonchev–Trinajstić information content (AvgIpc) is 3.41. The van der Waals surface area contributed by atoms with E-state index in [1.165, 1.54) is 0 Å². The molecule has 0 radical (unpaired) electrons. The number of carbonyl (C=O) groups excluding carboxylic acids is 1. The van der Waals surface area contributed by atoms with Crippen molar-refractivity contribution in [2.24, 2.45) is 13.0 Å². The predicted molar refractivity (Wildman–Crippen MR) is 95.6 cm³/mol. The van der Waals surface area contributed by atoms with E-state index in [9.17, 15) is 4.79 Å². The highest BCUT2D eigenvalue weighted by atomic mass is 16.5. The molecule has 2 aromatic rings. The van der Waals surface area contributed by atoms with Gasteiger partial charge in [-0.1, -0.05) is 12.1 Å². The fraction of sp³-hybridized carbons (Fsp3) is 0.474. The fourth-order valence-corrected chi connectivity index (χ4v) is 3.46. The molecule has 0 unspecified atom stereocenters. The lowest BCUT2D eigenvalue weighted by atomic mass is 10.1. The van der Waals surface area contributed by atoms with E-state index in [-0.39, 0.29) is 11.9 Å². The fourth-order valence-electron chi connectivity index (χ4n) is 3.46. The van der Waals surface area contributed by atoms with Crippen molar-refractivity contribution in [2.45, 2.75) is 18.9 Å². The molecule has 0 bridgehead atoms. The Hall–Kier alpha value is -2.34. The maximum absolute atomic E-state index is 13.1. The highest BCUT2D eigenvalue weighted by Crippen LogP contribution is 2.40. The van der Waals surface area contributed by atoms with E-state index in [1.54, 1.807) is 6.20 Å². The smallest absolute Gasteiger partial charge is 0.253 e. The standard InChI is InChI=1S/C19H24N4O2/c1-22-9-8-20-18(22)17(14-6-7-14)21-19(24)15-4-2-3-5-16(15)23-10-12-25-13-11-23/h2-5,8-9,14,17H,6-7,10-13H2,1H3,(H,21,24)/t17-/m0/s1. The van der Waals surface area contributed by atoms with Crippen LogP contribution in [0.2, 0.25) is 0 Å². The first kappa shape index (κ1) is 16.1. The molecule has 1 saturated carbocycles. The van der Waals surface area contributed by atoms with Gasteiger partial charge in [-0.2, -0.15) is 0 Å². The van der Waals surface area contributed by atoms with Gasteiger partial charge in [0, 0.05) is 38.2 Å². The summed E-state index contributed by atoms with van der Waals surface area (Å²) in [5, 5.41) is 3.24. The number of hydrogen-bond acceptors (Lipinski definition) is 4. The molecule has 1 atom stereocenters. The van der Waals surface area contributed by atoms with Crippen molar-refractivity contribution in [3.8, 4) is 0 Å². The van der Waals surface area contributed by atoms with Gasteiger partial charge in [0.15, 0.2) is 0 Å². The first-order chi connectivity index (χ1) is 12.2. The van der Waals surface area contributed by atoms with Gasteiger partial charge in [-0.25, -0.2) is 4.98 Å². The highest BCUT2D eigenvalue weighted by molar-refractivity contribution is 6.00. The third-order valence-corrected chi connectivity index (χ3v) is 5.02. The Labute approximate surface area is 147 Å². The topological polar surface area (TPSA) is 59.4 Å². The monoisotopic (exact) mass is 340 g/mol. The molecule has 6 heteroatoms. The summed E-state index contributed by atoms with van der Waals surface area (Å²) in [4.78, 5) is 19.7. The van der Waals surface area contributed by atoms with Crippen molar-refractivity contribution in [1.82, 2.24) is 14.9 Å². The first-order valence-electron chi connectivity index (χ1n) is 8.94. The molecule has 1 N–H and O–H groups in total. The number of amides is 1. The third-order valence-electron chi connectivity index (χ3n) is 5.02. The maximum Gasteiger partial charge on any atom is 0.253 e. The molecule has 2 heterocycles. The van der Waals surface area contributed by atoms with Gasteiger partial charge in [0.05, 0.1) is 24.8 Å². The summed E-state index contributed by atoms with van der Waals surface area (Å²) in [6, 6.07) is 7.81. The van der Waals surface area contributed by atoms with Gasteiger partial charge in [-0.15, -0.1) is 0 Å². The number of hydrogen-bond donors (Lipinski definition) is 1. The molecule has 2 aliphatic rings. The SMILES string of the molecule is Cn1ccnc1[C@@H](NC(=O)c1ccccc1N1CCOCC1)C1CC1. The Balaban J connectivity index is 1.57. The number of benzene rings is 1. The summed E-state index contributed by atoms with van der Waals surface area (Å²) in [7, 11) is 1.98. The van der Waals surface area contributed by atoms with Crippen molar-refractivity contribution in [3.63, 3.8) is 0 Å². The van der Waals surface area contributed by atoms with E-state index in [0.717, 1.165) is 43.0 Å². The van der Waals surface area contributed by atoms with Crippen LogP contribution in [0.3, 0.4) is 0 Å². The van der Waals surface area contributed by atoms with Gasteiger partial charge in [0.25, 0.3) is 5.91 Å². The van der Waals surface area contributed by atoms with Crippen LogP contribution in [0.25, 0.3) is 0 Å². The van der Waals surface area contributed by atoms with E-state index in [2.05, 4.69) is 15.2 Å². The van der Waals surface area contributed by atoms with Crippen LogP contribution in [-0.2, 0) is 11.8 Å². The third kappa shape index (κ3) is 3.39. The van der Waals surface area contributed by atoms with Crippen molar-refractivity contribution < 1.29 is 9.53 Å². The van der Waals surface area contributed by atoms with Crippen LogP contribution in [0.15, 0.2) is 36.7 Å². The van der Waals surface area contributed by atoms with Gasteiger partial charge < -0.3 is 19.5 Å². The second kappa shape index (κ2) is 6.88. The number of carbonyl (C=O) groups is 1. The lowest BCUT2D eigenvalue weighted by molar-refractivity contribution is 0.0927. The van der Waals surface area contributed by atoms with Crippen molar-refractivity contribution >= 4 is 11.6 Å². The minimum Gasteiger partial charge on any atom is -0.378 e. The summed E-state index contributed by atoms with van der Waals surface area (Å²) in [6.07, 6.45) is 6.00. The van der Waals surface area contributed by atoms with E-state index in [1.807, 2.05) is 42.1 Å². The Kier molecular flexibility index (Phi) is 4.44. The number of rotatable bonds is 5. The number of morpholine rings is 1. The van der Waals surface area contributed by atoms with Gasteiger partial charge in [0.1, 0.15) is 5.82 Å². The van der Waals surface area contributed by atoms with E-state index in [4.69, 9.17) is 4.74 Å². The predicted octanol–water partition coefficient (Wildman–Crippen LogP) is 2.14. The summed E-state index contributed by atoms with van der Waals surface area (Å²) in [5.41, 5.74) is 1.71. The maximum atomic E-state index is 13.1. The lowest BCUT2D eigenvalue weighted by Crippen LogP contribution is -2.38. The normalized spacial score (nSPS) is 18.8. The van der Waals surface area contributed by atoms with Gasteiger partial charge in [0.2, 0.25) is 0 Å². The molecule has 132 valence electrons. The van der Waals surface area contributed by atoms with Crippen LogP contribution in [0.5, 0.6) is 0 Å². The van der Waals surface area contributed by atoms with E-state index >= 15 is 0 Å².